The predicted molar refractivity (Wildman–Crippen MR) is 52.9 cm³/mol. The molecule has 0 spiro atoms. The second kappa shape index (κ2) is 3.38. The summed E-state index contributed by atoms with van der Waals surface area (Å²) in [6.07, 6.45) is 0.943. The van der Waals surface area contributed by atoms with Crippen LogP contribution in [0.5, 0.6) is 0 Å². The quantitative estimate of drug-likeness (QED) is 0.663. The van der Waals surface area contributed by atoms with Gasteiger partial charge in [0.2, 0.25) is 0 Å². The molecule has 3 N–H and O–H groups in total. The highest BCUT2D eigenvalue weighted by molar-refractivity contribution is 5.92. The lowest BCUT2D eigenvalue weighted by atomic mass is 9.99. The summed E-state index contributed by atoms with van der Waals surface area (Å²) < 4.78 is 0. The van der Waals surface area contributed by atoms with Gasteiger partial charge in [-0.15, -0.1) is 0 Å². The molecule has 0 atom stereocenters. The Morgan fingerprint density at radius 2 is 2.43 bits per heavy atom. The number of nitrogens with zero attached hydrogens (tertiary/aromatic N) is 1. The van der Waals surface area contributed by atoms with Crippen molar-refractivity contribution in [3.63, 3.8) is 0 Å². The molecule has 0 aliphatic carbocycles. The zero-order valence-corrected chi connectivity index (χ0v) is 8.13. The molecule has 0 saturated heterocycles. The van der Waals surface area contributed by atoms with Crippen molar-refractivity contribution in [3.05, 3.63) is 28.6 Å². The third-order valence-electron chi connectivity index (χ3n) is 2.45. The molecule has 74 valence electrons. The van der Waals surface area contributed by atoms with E-state index in [1.807, 2.05) is 13.0 Å². The van der Waals surface area contributed by atoms with Gasteiger partial charge < -0.3 is 11.1 Å². The first-order chi connectivity index (χ1) is 6.68. The number of pyridine rings is 1. The van der Waals surface area contributed by atoms with Crippen molar-refractivity contribution in [1.29, 1.82) is 0 Å². The second-order valence-corrected chi connectivity index (χ2v) is 3.54. The number of hydrogen-bond donors (Lipinski definition) is 2. The van der Waals surface area contributed by atoms with Crippen LogP contribution in [0, 0.1) is 6.92 Å². The van der Waals surface area contributed by atoms with Gasteiger partial charge >= 0.3 is 0 Å². The van der Waals surface area contributed by atoms with Crippen LogP contribution in [0.1, 0.15) is 27.3 Å². The first kappa shape index (κ1) is 9.15. The van der Waals surface area contributed by atoms with Crippen LogP contribution in [-0.4, -0.2) is 17.4 Å². The number of fused-ring (bicyclic) bond motifs is 1. The molecular weight excluding hydrogens is 178 g/mol. The third kappa shape index (κ3) is 1.48. The highest BCUT2D eigenvalue weighted by Gasteiger charge is 2.17. The smallest absolute Gasteiger partial charge is 0.267 e. The maximum atomic E-state index is 11.2. The van der Waals surface area contributed by atoms with Crippen LogP contribution in [0.2, 0.25) is 0 Å². The van der Waals surface area contributed by atoms with Crippen molar-refractivity contribution in [2.75, 3.05) is 6.54 Å². The van der Waals surface area contributed by atoms with Crippen molar-refractivity contribution in [2.24, 2.45) is 5.73 Å². The molecule has 1 aromatic rings. The number of aryl methyl sites for hydroxylation is 1. The first-order valence-electron chi connectivity index (χ1n) is 4.68. The Balaban J connectivity index is 2.58. The van der Waals surface area contributed by atoms with E-state index in [9.17, 15) is 4.79 Å². The minimum Gasteiger partial charge on any atom is -0.364 e. The van der Waals surface area contributed by atoms with Crippen LogP contribution >= 0.6 is 0 Å². The molecule has 1 aliphatic heterocycles. The summed E-state index contributed by atoms with van der Waals surface area (Å²) in [5, 5.41) is 3.21. The molecule has 1 aliphatic rings. The van der Waals surface area contributed by atoms with Crippen molar-refractivity contribution < 1.29 is 4.79 Å². The highest BCUT2D eigenvalue weighted by atomic mass is 16.1. The molecule has 0 saturated carbocycles. The van der Waals surface area contributed by atoms with E-state index in [0.717, 1.165) is 24.2 Å². The average Bonchev–Trinajstić information content (AvgIpc) is 2.16. The molecule has 0 bridgehead atoms. The molecule has 2 rings (SSSR count). The maximum Gasteiger partial charge on any atom is 0.267 e. The highest BCUT2D eigenvalue weighted by Crippen LogP contribution is 2.17. The van der Waals surface area contributed by atoms with E-state index >= 15 is 0 Å². The number of amides is 1. The van der Waals surface area contributed by atoms with E-state index in [1.54, 1.807) is 0 Å². The number of hydrogen-bond acceptors (Lipinski definition) is 3. The molecule has 0 fully saturated rings. The SMILES string of the molecule is Cc1cc2c(c(C(N)=O)n1)CNCC2. The summed E-state index contributed by atoms with van der Waals surface area (Å²) in [5.74, 6) is -0.436. The van der Waals surface area contributed by atoms with Gasteiger partial charge in [-0.25, -0.2) is 4.98 Å². The van der Waals surface area contributed by atoms with E-state index in [4.69, 9.17) is 5.73 Å². The van der Waals surface area contributed by atoms with Crippen molar-refractivity contribution in [3.8, 4) is 0 Å². The van der Waals surface area contributed by atoms with Crippen LogP contribution in [0.4, 0.5) is 0 Å². The normalized spacial score (nSPS) is 14.9. The molecular formula is C10H13N3O. The van der Waals surface area contributed by atoms with Gasteiger partial charge in [0.25, 0.3) is 5.91 Å². The number of carbonyl (C=O) groups is 1. The molecule has 0 unspecified atom stereocenters. The Bertz CT molecular complexity index is 387. The number of nitrogens with two attached hydrogens (primary N) is 1. The van der Waals surface area contributed by atoms with Gasteiger partial charge in [0.15, 0.2) is 0 Å². The van der Waals surface area contributed by atoms with Gasteiger partial charge in [-0.1, -0.05) is 0 Å². The van der Waals surface area contributed by atoms with Crippen LogP contribution in [-0.2, 0) is 13.0 Å². The molecule has 1 amide bonds. The number of carbonyl (C=O) groups excluding carboxylic acids is 1. The van der Waals surface area contributed by atoms with Gasteiger partial charge in [0.05, 0.1) is 0 Å². The van der Waals surface area contributed by atoms with Crippen LogP contribution < -0.4 is 11.1 Å². The lowest BCUT2D eigenvalue weighted by Crippen LogP contribution is -2.28. The van der Waals surface area contributed by atoms with Crippen molar-refractivity contribution in [1.82, 2.24) is 10.3 Å². The maximum absolute atomic E-state index is 11.2. The topological polar surface area (TPSA) is 68.0 Å². The standard InChI is InChI=1S/C10H13N3O/c1-6-4-7-2-3-12-5-8(7)9(13-6)10(11)14/h4,12H,2-3,5H2,1H3,(H2,11,14). The van der Waals surface area contributed by atoms with Gasteiger partial charge in [0, 0.05) is 17.8 Å². The largest absolute Gasteiger partial charge is 0.364 e. The summed E-state index contributed by atoms with van der Waals surface area (Å²) >= 11 is 0. The molecule has 2 heterocycles. The Morgan fingerprint density at radius 1 is 1.64 bits per heavy atom. The first-order valence-corrected chi connectivity index (χ1v) is 4.68. The van der Waals surface area contributed by atoms with Crippen LogP contribution in [0.15, 0.2) is 6.07 Å². The third-order valence-corrected chi connectivity index (χ3v) is 2.45. The minimum atomic E-state index is -0.436. The van der Waals surface area contributed by atoms with Crippen molar-refractivity contribution >= 4 is 5.91 Å². The summed E-state index contributed by atoms with van der Waals surface area (Å²) in [4.78, 5) is 15.3. The molecule has 4 nitrogen and oxygen atoms in total. The fourth-order valence-corrected chi connectivity index (χ4v) is 1.83. The monoisotopic (exact) mass is 191 g/mol. The minimum absolute atomic E-state index is 0.423. The van der Waals surface area contributed by atoms with E-state index in [2.05, 4.69) is 10.3 Å². The molecule has 4 heteroatoms. The number of nitrogens with one attached hydrogen (secondary N) is 1. The fraction of sp³-hybridized carbons (Fsp3) is 0.400. The molecule has 14 heavy (non-hydrogen) atoms. The summed E-state index contributed by atoms with van der Waals surface area (Å²) in [6.45, 7) is 3.53. The van der Waals surface area contributed by atoms with E-state index < -0.39 is 5.91 Å². The zero-order chi connectivity index (χ0) is 10.1. The fourth-order valence-electron chi connectivity index (χ4n) is 1.83. The number of rotatable bonds is 1. The Hall–Kier alpha value is -1.42. The van der Waals surface area contributed by atoms with Gasteiger partial charge in [-0.3, -0.25) is 4.79 Å². The van der Waals surface area contributed by atoms with Gasteiger partial charge in [0.1, 0.15) is 5.69 Å². The van der Waals surface area contributed by atoms with E-state index in [-0.39, 0.29) is 0 Å². The Kier molecular flexibility index (Phi) is 2.21. The number of aromatic nitrogens is 1. The Morgan fingerprint density at radius 3 is 3.14 bits per heavy atom. The van der Waals surface area contributed by atoms with Crippen LogP contribution in [0.3, 0.4) is 0 Å². The number of primary amides is 1. The van der Waals surface area contributed by atoms with Gasteiger partial charge in [-0.2, -0.15) is 0 Å². The predicted octanol–water partition coefficient (Wildman–Crippen LogP) is 0.135. The molecule has 0 aromatic carbocycles. The second-order valence-electron chi connectivity index (χ2n) is 3.54. The Labute approximate surface area is 82.5 Å². The van der Waals surface area contributed by atoms with E-state index in [0.29, 0.717) is 12.2 Å². The molecule has 0 radical (unpaired) electrons. The summed E-state index contributed by atoms with van der Waals surface area (Å²) in [6, 6.07) is 2.03. The lowest BCUT2D eigenvalue weighted by Gasteiger charge is -2.19. The van der Waals surface area contributed by atoms with Gasteiger partial charge in [-0.05, 0) is 31.5 Å². The molecule has 1 aromatic heterocycles. The zero-order valence-electron chi connectivity index (χ0n) is 8.13. The average molecular weight is 191 g/mol. The van der Waals surface area contributed by atoms with Crippen molar-refractivity contribution in [2.45, 2.75) is 19.9 Å². The van der Waals surface area contributed by atoms with Crippen LogP contribution in [0.25, 0.3) is 0 Å². The van der Waals surface area contributed by atoms with E-state index in [1.165, 1.54) is 5.56 Å². The lowest BCUT2D eigenvalue weighted by molar-refractivity contribution is 0.0994. The summed E-state index contributed by atoms with van der Waals surface area (Å²) in [7, 11) is 0. The summed E-state index contributed by atoms with van der Waals surface area (Å²) in [5.41, 5.74) is 8.73.